The first-order valence-corrected chi connectivity index (χ1v) is 10.1. The molecule has 0 aliphatic heterocycles. The summed E-state index contributed by atoms with van der Waals surface area (Å²) in [5.74, 6) is -3.52. The Kier molecular flexibility index (Phi) is 6.03. The average Bonchev–Trinajstić information content (AvgIpc) is 2.56. The molecule has 2 N–H and O–H groups in total. The highest BCUT2D eigenvalue weighted by Crippen LogP contribution is 2.39. The summed E-state index contributed by atoms with van der Waals surface area (Å²) in [6, 6.07) is 4.50. The van der Waals surface area contributed by atoms with Gasteiger partial charge in [-0.25, -0.2) is 17.2 Å². The summed E-state index contributed by atoms with van der Waals surface area (Å²) in [4.78, 5) is -0.360. The van der Waals surface area contributed by atoms with Crippen molar-refractivity contribution in [3.05, 3.63) is 63.6 Å². The SMILES string of the molecule is C=Cc1c(NS(=O)(=O)c2ccc(Br)c(C(C)(F)F)c2)cc(Cl)c(O)c1C=C. The van der Waals surface area contributed by atoms with Crippen LogP contribution in [0.15, 0.2) is 46.8 Å². The third-order valence-corrected chi connectivity index (χ3v) is 6.05. The summed E-state index contributed by atoms with van der Waals surface area (Å²) in [7, 11) is -4.23. The van der Waals surface area contributed by atoms with E-state index in [4.69, 9.17) is 11.6 Å². The number of anilines is 1. The molecule has 2 aromatic carbocycles. The minimum atomic E-state index is -4.23. The van der Waals surface area contributed by atoms with Crippen LogP contribution in [-0.2, 0) is 15.9 Å². The summed E-state index contributed by atoms with van der Waals surface area (Å²) in [6.45, 7) is 7.81. The largest absolute Gasteiger partial charge is 0.506 e. The number of alkyl halides is 2. The number of phenols is 1. The van der Waals surface area contributed by atoms with Gasteiger partial charge in [0.15, 0.2) is 0 Å². The van der Waals surface area contributed by atoms with Crippen molar-refractivity contribution in [3.63, 3.8) is 0 Å². The van der Waals surface area contributed by atoms with Gasteiger partial charge in [-0.1, -0.05) is 52.8 Å². The van der Waals surface area contributed by atoms with Gasteiger partial charge in [0.05, 0.1) is 15.6 Å². The molecule has 0 fully saturated rings. The predicted octanol–water partition coefficient (Wildman–Crippen LogP) is 6.01. The van der Waals surface area contributed by atoms with Gasteiger partial charge in [-0.05, 0) is 24.3 Å². The van der Waals surface area contributed by atoms with Crippen LogP contribution in [0.3, 0.4) is 0 Å². The molecule has 2 rings (SSSR count). The standard InChI is InChI=1S/C18H15BrClF2NO3S/c1-4-11-12(5-2)17(24)15(20)9-16(11)23-27(25,26)10-6-7-14(19)13(8-10)18(3,21)22/h4-9,23-24H,1-2H2,3H3. The highest BCUT2D eigenvalue weighted by Gasteiger charge is 2.29. The summed E-state index contributed by atoms with van der Waals surface area (Å²) in [6.07, 6.45) is 2.61. The Balaban J connectivity index is 2.60. The minimum absolute atomic E-state index is 0.0235. The number of rotatable bonds is 6. The Bertz CT molecular complexity index is 1030. The minimum Gasteiger partial charge on any atom is -0.506 e. The van der Waals surface area contributed by atoms with Crippen molar-refractivity contribution < 1.29 is 22.3 Å². The number of aromatic hydroxyl groups is 1. The first-order chi connectivity index (χ1) is 12.4. The quantitative estimate of drug-likeness (QED) is 0.500. The fraction of sp³-hybridized carbons (Fsp3) is 0.111. The first-order valence-electron chi connectivity index (χ1n) is 7.43. The Morgan fingerprint density at radius 2 is 1.81 bits per heavy atom. The molecule has 0 aromatic heterocycles. The van der Waals surface area contributed by atoms with Gasteiger partial charge < -0.3 is 5.11 Å². The molecule has 27 heavy (non-hydrogen) atoms. The number of benzene rings is 2. The Labute approximate surface area is 169 Å². The fourth-order valence-electron chi connectivity index (χ4n) is 2.40. The number of halogens is 4. The van der Waals surface area contributed by atoms with E-state index >= 15 is 0 Å². The second-order valence-electron chi connectivity index (χ2n) is 5.63. The topological polar surface area (TPSA) is 66.4 Å². The van der Waals surface area contributed by atoms with Gasteiger partial charge in [-0.15, -0.1) is 0 Å². The molecule has 2 aromatic rings. The van der Waals surface area contributed by atoms with E-state index in [9.17, 15) is 22.3 Å². The van der Waals surface area contributed by atoms with Gasteiger partial charge in [0.2, 0.25) is 0 Å². The van der Waals surface area contributed by atoms with Crippen molar-refractivity contribution in [2.24, 2.45) is 0 Å². The fourth-order valence-corrected chi connectivity index (χ4v) is 4.30. The van der Waals surface area contributed by atoms with Crippen LogP contribution in [0.2, 0.25) is 5.02 Å². The smallest absolute Gasteiger partial charge is 0.271 e. The van der Waals surface area contributed by atoms with Gasteiger partial charge in [0.1, 0.15) is 5.75 Å². The van der Waals surface area contributed by atoms with E-state index in [0.717, 1.165) is 6.07 Å². The average molecular weight is 479 g/mol. The van der Waals surface area contributed by atoms with E-state index < -0.39 is 21.5 Å². The highest BCUT2D eigenvalue weighted by atomic mass is 79.9. The summed E-state index contributed by atoms with van der Waals surface area (Å²) in [5, 5.41) is 9.88. The molecule has 0 radical (unpaired) electrons. The van der Waals surface area contributed by atoms with Crippen LogP contribution < -0.4 is 4.72 Å². The molecule has 0 bridgehead atoms. The highest BCUT2D eigenvalue weighted by molar-refractivity contribution is 9.10. The maximum atomic E-state index is 13.7. The van der Waals surface area contributed by atoms with E-state index in [2.05, 4.69) is 33.8 Å². The van der Waals surface area contributed by atoms with Crippen molar-refractivity contribution in [2.45, 2.75) is 17.7 Å². The molecule has 9 heteroatoms. The predicted molar refractivity (Wildman–Crippen MR) is 108 cm³/mol. The molecular formula is C18H15BrClF2NO3S. The number of sulfonamides is 1. The molecular weight excluding hydrogens is 464 g/mol. The second kappa shape index (κ2) is 7.61. The lowest BCUT2D eigenvalue weighted by Crippen LogP contribution is -2.16. The van der Waals surface area contributed by atoms with Crippen molar-refractivity contribution in [2.75, 3.05) is 4.72 Å². The molecule has 0 atom stereocenters. The lowest BCUT2D eigenvalue weighted by atomic mass is 10.0. The number of nitrogens with one attached hydrogen (secondary N) is 1. The Morgan fingerprint density at radius 1 is 1.22 bits per heavy atom. The molecule has 0 spiro atoms. The van der Waals surface area contributed by atoms with Crippen LogP contribution in [0.1, 0.15) is 23.6 Å². The molecule has 144 valence electrons. The van der Waals surface area contributed by atoms with Gasteiger partial charge in [0, 0.05) is 28.1 Å². The van der Waals surface area contributed by atoms with Crippen molar-refractivity contribution >= 4 is 55.4 Å². The zero-order valence-corrected chi connectivity index (χ0v) is 17.2. The first kappa shape index (κ1) is 21.4. The molecule has 0 unspecified atom stereocenters. The van der Waals surface area contributed by atoms with Crippen LogP contribution in [0.25, 0.3) is 12.2 Å². The molecule has 0 heterocycles. The number of hydrogen-bond donors (Lipinski definition) is 2. The van der Waals surface area contributed by atoms with Gasteiger partial charge >= 0.3 is 0 Å². The van der Waals surface area contributed by atoms with E-state index in [-0.39, 0.29) is 37.0 Å². The van der Waals surface area contributed by atoms with Crippen LogP contribution in [0, 0.1) is 0 Å². The monoisotopic (exact) mass is 477 g/mol. The Morgan fingerprint density at radius 3 is 2.33 bits per heavy atom. The van der Waals surface area contributed by atoms with Crippen LogP contribution >= 0.6 is 27.5 Å². The zero-order chi connectivity index (χ0) is 20.6. The van der Waals surface area contributed by atoms with E-state index in [0.29, 0.717) is 6.92 Å². The normalized spacial score (nSPS) is 11.9. The van der Waals surface area contributed by atoms with Crippen LogP contribution in [-0.4, -0.2) is 13.5 Å². The van der Waals surface area contributed by atoms with E-state index in [1.807, 2.05) is 0 Å². The zero-order valence-electron chi connectivity index (χ0n) is 14.1. The van der Waals surface area contributed by atoms with E-state index in [1.54, 1.807) is 0 Å². The van der Waals surface area contributed by atoms with Crippen molar-refractivity contribution in [3.8, 4) is 5.75 Å². The molecule has 0 aliphatic carbocycles. The van der Waals surface area contributed by atoms with E-state index in [1.165, 1.54) is 30.4 Å². The summed E-state index contributed by atoms with van der Waals surface area (Å²) >= 11 is 8.93. The molecule has 0 saturated carbocycles. The molecule has 0 amide bonds. The maximum absolute atomic E-state index is 13.7. The third-order valence-electron chi connectivity index (χ3n) is 3.71. The lowest BCUT2D eigenvalue weighted by Gasteiger charge is -2.17. The lowest BCUT2D eigenvalue weighted by molar-refractivity contribution is 0.0165. The summed E-state index contributed by atoms with van der Waals surface area (Å²) in [5.41, 5.74) is -0.0133. The maximum Gasteiger partial charge on any atom is 0.271 e. The number of phenolic OH excluding ortho intramolecular Hbond substituents is 1. The van der Waals surface area contributed by atoms with Crippen LogP contribution in [0.4, 0.5) is 14.5 Å². The van der Waals surface area contributed by atoms with Crippen LogP contribution in [0.5, 0.6) is 5.75 Å². The third kappa shape index (κ3) is 4.34. The summed E-state index contributed by atoms with van der Waals surface area (Å²) < 4.78 is 55.2. The van der Waals surface area contributed by atoms with Crippen molar-refractivity contribution in [1.29, 1.82) is 0 Å². The molecule has 0 saturated heterocycles. The van der Waals surface area contributed by atoms with Gasteiger partial charge in [0.25, 0.3) is 15.9 Å². The second-order valence-corrected chi connectivity index (χ2v) is 8.57. The molecule has 4 nitrogen and oxygen atoms in total. The van der Waals surface area contributed by atoms with Gasteiger partial charge in [-0.2, -0.15) is 0 Å². The number of hydrogen-bond acceptors (Lipinski definition) is 3. The molecule has 0 aliphatic rings. The Hall–Kier alpha value is -1.90. The van der Waals surface area contributed by atoms with Crippen molar-refractivity contribution in [1.82, 2.24) is 0 Å². The van der Waals surface area contributed by atoms with Gasteiger partial charge in [-0.3, -0.25) is 4.72 Å².